The van der Waals surface area contributed by atoms with Gasteiger partial charge in [0.1, 0.15) is 6.04 Å². The minimum atomic E-state index is -0.528. The molecule has 1 aromatic rings. The van der Waals surface area contributed by atoms with Crippen molar-refractivity contribution < 1.29 is 9.59 Å². The molecule has 0 spiro atoms. The third kappa shape index (κ3) is 3.50. The Morgan fingerprint density at radius 1 is 1.38 bits per heavy atom. The van der Waals surface area contributed by atoms with Gasteiger partial charge in [-0.3, -0.25) is 9.59 Å². The Labute approximate surface area is 134 Å². The van der Waals surface area contributed by atoms with Gasteiger partial charge in [0.2, 0.25) is 11.8 Å². The highest BCUT2D eigenvalue weighted by molar-refractivity contribution is 6.35. The quantitative estimate of drug-likeness (QED) is 0.925. The fourth-order valence-electron chi connectivity index (χ4n) is 2.35. The number of carbonyl (C=O) groups is 2. The van der Waals surface area contributed by atoms with Crippen molar-refractivity contribution in [2.24, 2.45) is 5.92 Å². The van der Waals surface area contributed by atoms with Crippen LogP contribution in [0.3, 0.4) is 0 Å². The summed E-state index contributed by atoms with van der Waals surface area (Å²) in [4.78, 5) is 26.2. The van der Waals surface area contributed by atoms with Crippen molar-refractivity contribution in [1.82, 2.24) is 5.32 Å². The van der Waals surface area contributed by atoms with Gasteiger partial charge < -0.3 is 10.2 Å². The molecule has 0 radical (unpaired) electrons. The third-order valence-corrected chi connectivity index (χ3v) is 4.38. The summed E-state index contributed by atoms with van der Waals surface area (Å²) in [5.74, 6) is -0.200. The molecule has 1 heterocycles. The van der Waals surface area contributed by atoms with Crippen LogP contribution in [0.4, 0.5) is 5.69 Å². The zero-order valence-corrected chi connectivity index (χ0v) is 13.5. The van der Waals surface area contributed by atoms with E-state index in [0.29, 0.717) is 22.3 Å². The largest absolute Gasteiger partial charge is 0.344 e. The molecule has 1 aliphatic rings. The summed E-state index contributed by atoms with van der Waals surface area (Å²) in [6, 6.07) is 4.46. The van der Waals surface area contributed by atoms with Crippen LogP contribution in [0.1, 0.15) is 26.7 Å². The van der Waals surface area contributed by atoms with Gasteiger partial charge in [0.15, 0.2) is 0 Å². The van der Waals surface area contributed by atoms with E-state index in [1.54, 1.807) is 23.1 Å². The van der Waals surface area contributed by atoms with Crippen molar-refractivity contribution in [3.05, 3.63) is 28.2 Å². The molecular weight excluding hydrogens is 311 g/mol. The van der Waals surface area contributed by atoms with Gasteiger partial charge in [-0.2, -0.15) is 0 Å². The number of rotatable bonds is 3. The molecule has 6 heteroatoms. The maximum absolute atomic E-state index is 12.8. The van der Waals surface area contributed by atoms with Gasteiger partial charge >= 0.3 is 0 Å². The van der Waals surface area contributed by atoms with Gasteiger partial charge in [0.25, 0.3) is 0 Å². The lowest BCUT2D eigenvalue weighted by Gasteiger charge is -2.27. The average molecular weight is 329 g/mol. The topological polar surface area (TPSA) is 49.4 Å². The summed E-state index contributed by atoms with van der Waals surface area (Å²) in [5.41, 5.74) is 0.555. The molecule has 2 amide bonds. The summed E-state index contributed by atoms with van der Waals surface area (Å²) in [7, 11) is 0. The summed E-state index contributed by atoms with van der Waals surface area (Å²) in [6.07, 6.45) is 1.05. The second-order valence-corrected chi connectivity index (χ2v) is 6.11. The van der Waals surface area contributed by atoms with E-state index in [0.717, 1.165) is 6.42 Å². The number of anilines is 1. The van der Waals surface area contributed by atoms with Crippen LogP contribution in [0, 0.1) is 5.92 Å². The van der Waals surface area contributed by atoms with E-state index in [1.165, 1.54) is 0 Å². The number of hydrogen-bond acceptors (Lipinski definition) is 2. The maximum atomic E-state index is 12.8. The Morgan fingerprint density at radius 3 is 2.76 bits per heavy atom. The molecule has 1 aliphatic heterocycles. The Morgan fingerprint density at radius 2 is 2.10 bits per heavy atom. The fourth-order valence-corrected chi connectivity index (χ4v) is 2.74. The molecule has 0 aromatic heterocycles. The van der Waals surface area contributed by atoms with Crippen molar-refractivity contribution in [2.75, 3.05) is 11.4 Å². The number of nitrogens with one attached hydrogen (secondary N) is 1. The van der Waals surface area contributed by atoms with Crippen LogP contribution in [0.15, 0.2) is 18.2 Å². The standard InChI is InChI=1S/C15H18Cl2N2O2/c1-3-9(2)14-15(21)19(7-6-13(20)18-14)12-8-10(16)4-5-11(12)17/h4-5,8-9,14H,3,6-7H2,1-2H3,(H,18,20). The van der Waals surface area contributed by atoms with E-state index in [1.807, 2.05) is 13.8 Å². The summed E-state index contributed by atoms with van der Waals surface area (Å²) >= 11 is 12.2. The first-order chi connectivity index (χ1) is 9.93. The van der Waals surface area contributed by atoms with Crippen molar-refractivity contribution in [3.63, 3.8) is 0 Å². The van der Waals surface area contributed by atoms with Gasteiger partial charge in [-0.15, -0.1) is 0 Å². The number of halogens is 2. The lowest BCUT2D eigenvalue weighted by Crippen LogP contribution is -2.48. The molecule has 2 atom stereocenters. The maximum Gasteiger partial charge on any atom is 0.249 e. The molecule has 1 aromatic carbocycles. The van der Waals surface area contributed by atoms with Gasteiger partial charge in [-0.25, -0.2) is 0 Å². The van der Waals surface area contributed by atoms with Crippen LogP contribution in [0.2, 0.25) is 10.0 Å². The van der Waals surface area contributed by atoms with Gasteiger partial charge in [0, 0.05) is 18.0 Å². The number of benzene rings is 1. The average Bonchev–Trinajstić information content (AvgIpc) is 2.60. The summed E-state index contributed by atoms with van der Waals surface area (Å²) in [5, 5.41) is 3.76. The molecule has 0 aliphatic carbocycles. The molecule has 2 unspecified atom stereocenters. The molecule has 4 nitrogen and oxygen atoms in total. The second kappa shape index (κ2) is 6.67. The van der Waals surface area contributed by atoms with E-state index in [2.05, 4.69) is 5.32 Å². The molecule has 114 valence electrons. The molecule has 0 saturated carbocycles. The van der Waals surface area contributed by atoms with Gasteiger partial charge in [-0.1, -0.05) is 43.5 Å². The normalized spacial score (nSPS) is 21.0. The van der Waals surface area contributed by atoms with E-state index in [-0.39, 0.29) is 24.2 Å². The number of nitrogens with zero attached hydrogens (tertiary/aromatic N) is 1. The predicted molar refractivity (Wildman–Crippen MR) is 84.8 cm³/mol. The first-order valence-corrected chi connectivity index (χ1v) is 7.75. The van der Waals surface area contributed by atoms with Crippen molar-refractivity contribution in [3.8, 4) is 0 Å². The zero-order chi connectivity index (χ0) is 15.6. The number of hydrogen-bond donors (Lipinski definition) is 1. The van der Waals surface area contributed by atoms with Crippen LogP contribution in [-0.4, -0.2) is 24.4 Å². The fraction of sp³-hybridized carbons (Fsp3) is 0.467. The van der Waals surface area contributed by atoms with Gasteiger partial charge in [0.05, 0.1) is 10.7 Å². The van der Waals surface area contributed by atoms with E-state index < -0.39 is 6.04 Å². The Balaban J connectivity index is 2.39. The SMILES string of the molecule is CCC(C)C1NC(=O)CCN(c2cc(Cl)ccc2Cl)C1=O. The first-order valence-electron chi connectivity index (χ1n) is 6.99. The molecule has 1 fully saturated rings. The minimum Gasteiger partial charge on any atom is -0.344 e. The third-order valence-electron chi connectivity index (χ3n) is 3.82. The Kier molecular flexibility index (Phi) is 5.12. The van der Waals surface area contributed by atoms with Crippen LogP contribution in [0.25, 0.3) is 0 Å². The minimum absolute atomic E-state index is 0.0556. The summed E-state index contributed by atoms with van der Waals surface area (Å²) in [6.45, 7) is 4.25. The highest BCUT2D eigenvalue weighted by atomic mass is 35.5. The molecule has 21 heavy (non-hydrogen) atoms. The molecule has 1 saturated heterocycles. The molecular formula is C15H18Cl2N2O2. The first kappa shape index (κ1) is 16.1. The lowest BCUT2D eigenvalue weighted by atomic mass is 9.98. The van der Waals surface area contributed by atoms with Crippen molar-refractivity contribution >= 4 is 40.7 Å². The lowest BCUT2D eigenvalue weighted by molar-refractivity contribution is -0.126. The summed E-state index contributed by atoms with van der Waals surface area (Å²) < 4.78 is 0. The molecule has 0 bridgehead atoms. The van der Waals surface area contributed by atoms with Crippen LogP contribution >= 0.6 is 23.2 Å². The second-order valence-electron chi connectivity index (χ2n) is 5.27. The van der Waals surface area contributed by atoms with Crippen LogP contribution in [-0.2, 0) is 9.59 Å². The number of carbonyl (C=O) groups excluding carboxylic acids is 2. The van der Waals surface area contributed by atoms with Crippen LogP contribution in [0.5, 0.6) is 0 Å². The van der Waals surface area contributed by atoms with Gasteiger partial charge in [-0.05, 0) is 24.1 Å². The number of amides is 2. The predicted octanol–water partition coefficient (Wildman–Crippen LogP) is 3.26. The van der Waals surface area contributed by atoms with Crippen molar-refractivity contribution in [1.29, 1.82) is 0 Å². The van der Waals surface area contributed by atoms with E-state index in [4.69, 9.17) is 23.2 Å². The van der Waals surface area contributed by atoms with Crippen LogP contribution < -0.4 is 10.2 Å². The highest BCUT2D eigenvalue weighted by Crippen LogP contribution is 2.31. The Hall–Kier alpha value is -1.26. The molecule has 2 rings (SSSR count). The highest BCUT2D eigenvalue weighted by Gasteiger charge is 2.34. The zero-order valence-electron chi connectivity index (χ0n) is 12.0. The monoisotopic (exact) mass is 328 g/mol. The van der Waals surface area contributed by atoms with Crippen molar-refractivity contribution in [2.45, 2.75) is 32.7 Å². The van der Waals surface area contributed by atoms with E-state index in [9.17, 15) is 9.59 Å². The smallest absolute Gasteiger partial charge is 0.249 e. The molecule has 1 N–H and O–H groups in total. The van der Waals surface area contributed by atoms with E-state index >= 15 is 0 Å². The Bertz CT molecular complexity index is 563.